The van der Waals surface area contributed by atoms with Gasteiger partial charge in [0.25, 0.3) is 11.8 Å². The van der Waals surface area contributed by atoms with Crippen molar-refractivity contribution in [3.63, 3.8) is 0 Å². The molecule has 1 aromatic carbocycles. The summed E-state index contributed by atoms with van der Waals surface area (Å²) in [5.74, 6) is -1.12. The lowest BCUT2D eigenvalue weighted by Crippen LogP contribution is -2.46. The van der Waals surface area contributed by atoms with Crippen LogP contribution in [-0.2, 0) is 19.6 Å². The number of rotatable bonds is 9. The molecule has 0 saturated heterocycles. The number of hydrogen-bond donors (Lipinski definition) is 2. The van der Waals surface area contributed by atoms with Crippen LogP contribution in [-0.4, -0.2) is 60.2 Å². The van der Waals surface area contributed by atoms with E-state index >= 15 is 0 Å². The molecule has 37 heavy (non-hydrogen) atoms. The van der Waals surface area contributed by atoms with Gasteiger partial charge in [-0.2, -0.15) is 0 Å². The van der Waals surface area contributed by atoms with Crippen LogP contribution in [0.1, 0.15) is 16.1 Å². The SMILES string of the molecule is COC[C@H](NC(=O)c1ccn(S(C)(=O)=O)c1)C(=O)Nc1nc(-c2cccc(-c3ccnc(C)c3)c2)cs1. The molecule has 0 aliphatic carbocycles. The Labute approximate surface area is 218 Å². The molecule has 0 aliphatic heterocycles. The highest BCUT2D eigenvalue weighted by atomic mass is 32.2. The molecule has 1 atom stereocenters. The predicted molar refractivity (Wildman–Crippen MR) is 142 cm³/mol. The highest BCUT2D eigenvalue weighted by Gasteiger charge is 2.23. The van der Waals surface area contributed by atoms with E-state index in [2.05, 4.69) is 20.6 Å². The fourth-order valence-electron chi connectivity index (χ4n) is 3.55. The molecule has 12 heteroatoms. The van der Waals surface area contributed by atoms with Crippen molar-refractivity contribution in [2.75, 3.05) is 25.3 Å². The summed E-state index contributed by atoms with van der Waals surface area (Å²) < 4.78 is 29.3. The summed E-state index contributed by atoms with van der Waals surface area (Å²) in [4.78, 5) is 34.3. The normalized spacial score (nSPS) is 12.2. The molecular weight excluding hydrogens is 514 g/mol. The van der Waals surface area contributed by atoms with E-state index < -0.39 is 27.9 Å². The van der Waals surface area contributed by atoms with Gasteiger partial charge < -0.3 is 15.4 Å². The van der Waals surface area contributed by atoms with Crippen LogP contribution in [0.2, 0.25) is 0 Å². The highest BCUT2D eigenvalue weighted by Crippen LogP contribution is 2.29. The van der Waals surface area contributed by atoms with Crippen molar-refractivity contribution in [2.24, 2.45) is 0 Å². The number of aromatic nitrogens is 3. The summed E-state index contributed by atoms with van der Waals surface area (Å²) in [7, 11) is -2.12. The number of amides is 2. The Morgan fingerprint density at radius 1 is 1.14 bits per heavy atom. The molecule has 3 aromatic heterocycles. The Kier molecular flexibility index (Phi) is 7.81. The number of methoxy groups -OCH3 is 1. The van der Waals surface area contributed by atoms with Gasteiger partial charge >= 0.3 is 0 Å². The number of carbonyl (C=O) groups is 2. The van der Waals surface area contributed by atoms with E-state index in [1.807, 2.05) is 48.7 Å². The molecule has 4 aromatic rings. The second kappa shape index (κ2) is 11.0. The van der Waals surface area contributed by atoms with E-state index in [0.717, 1.165) is 32.6 Å². The minimum absolute atomic E-state index is 0.0873. The van der Waals surface area contributed by atoms with Crippen molar-refractivity contribution in [2.45, 2.75) is 13.0 Å². The smallest absolute Gasteiger partial charge is 0.253 e. The van der Waals surface area contributed by atoms with E-state index in [9.17, 15) is 18.0 Å². The Morgan fingerprint density at radius 3 is 2.59 bits per heavy atom. The van der Waals surface area contributed by atoms with E-state index in [0.29, 0.717) is 10.8 Å². The molecule has 3 heterocycles. The third-order valence-electron chi connectivity index (χ3n) is 5.39. The topological polar surface area (TPSA) is 132 Å². The first kappa shape index (κ1) is 26.2. The minimum atomic E-state index is -3.53. The van der Waals surface area contributed by atoms with Gasteiger partial charge in [-0.25, -0.2) is 13.4 Å². The summed E-state index contributed by atoms with van der Waals surface area (Å²) in [6, 6.07) is 12.2. The number of pyridine rings is 1. The summed E-state index contributed by atoms with van der Waals surface area (Å²) in [6.07, 6.45) is 5.23. The molecule has 2 amide bonds. The van der Waals surface area contributed by atoms with Crippen molar-refractivity contribution >= 4 is 38.3 Å². The first-order valence-corrected chi connectivity index (χ1v) is 13.8. The first-order valence-electron chi connectivity index (χ1n) is 11.1. The van der Waals surface area contributed by atoms with Crippen LogP contribution in [0.25, 0.3) is 22.4 Å². The number of nitrogens with zero attached hydrogens (tertiary/aromatic N) is 3. The molecule has 2 N–H and O–H groups in total. The molecule has 0 spiro atoms. The van der Waals surface area contributed by atoms with E-state index in [-0.39, 0.29) is 12.2 Å². The maximum Gasteiger partial charge on any atom is 0.253 e. The van der Waals surface area contributed by atoms with Gasteiger partial charge in [-0.05, 0) is 42.3 Å². The van der Waals surface area contributed by atoms with Crippen molar-refractivity contribution in [3.8, 4) is 22.4 Å². The second-order valence-corrected chi connectivity index (χ2v) is 11.0. The lowest BCUT2D eigenvalue weighted by atomic mass is 10.0. The number of thiazole rings is 1. The van der Waals surface area contributed by atoms with Gasteiger partial charge in [0.1, 0.15) is 6.04 Å². The fourth-order valence-corrected chi connectivity index (χ4v) is 4.86. The second-order valence-electron chi connectivity index (χ2n) is 8.27. The maximum absolute atomic E-state index is 12.9. The van der Waals surface area contributed by atoms with Gasteiger partial charge in [-0.15, -0.1) is 11.3 Å². The molecule has 0 aliphatic rings. The summed E-state index contributed by atoms with van der Waals surface area (Å²) in [5, 5.41) is 7.50. The third-order valence-corrected chi connectivity index (χ3v) is 7.14. The quantitative estimate of drug-likeness (QED) is 0.334. The largest absolute Gasteiger partial charge is 0.382 e. The monoisotopic (exact) mass is 539 g/mol. The maximum atomic E-state index is 12.9. The number of nitrogens with one attached hydrogen (secondary N) is 2. The molecule has 0 saturated carbocycles. The average molecular weight is 540 g/mol. The van der Waals surface area contributed by atoms with Crippen LogP contribution < -0.4 is 10.6 Å². The summed E-state index contributed by atoms with van der Waals surface area (Å²) >= 11 is 1.26. The standard InChI is InChI=1S/C25H25N5O5S2/c1-16-11-18(7-9-26-16)17-5-4-6-19(12-17)22-15-36-25(28-22)29-24(32)21(14-35-2)27-23(31)20-8-10-30(13-20)37(3,33)34/h4-13,15,21H,14H2,1-3H3,(H,27,31)(H,28,29,32)/t21-/m0/s1. The number of ether oxygens (including phenoxy) is 1. The van der Waals surface area contributed by atoms with Crippen LogP contribution >= 0.6 is 11.3 Å². The number of anilines is 1. The van der Waals surface area contributed by atoms with Crippen LogP contribution in [0, 0.1) is 6.92 Å². The van der Waals surface area contributed by atoms with Gasteiger partial charge in [0.2, 0.25) is 10.0 Å². The van der Waals surface area contributed by atoms with Crippen LogP contribution in [0.4, 0.5) is 5.13 Å². The summed E-state index contributed by atoms with van der Waals surface area (Å²) in [5.41, 5.74) is 4.67. The molecule has 192 valence electrons. The number of benzene rings is 1. The number of hydrogen-bond acceptors (Lipinski definition) is 8. The van der Waals surface area contributed by atoms with Crippen molar-refractivity contribution in [1.82, 2.24) is 19.3 Å². The first-order chi connectivity index (χ1) is 17.6. The molecule has 4 rings (SSSR count). The van der Waals surface area contributed by atoms with Crippen LogP contribution in [0.15, 0.2) is 66.4 Å². The molecule has 0 fully saturated rings. The summed E-state index contributed by atoms with van der Waals surface area (Å²) in [6.45, 7) is 1.85. The zero-order valence-corrected chi connectivity index (χ0v) is 22.0. The third kappa shape index (κ3) is 6.47. The molecule has 10 nitrogen and oxygen atoms in total. The molecular formula is C25H25N5O5S2. The fraction of sp³-hybridized carbons (Fsp3) is 0.200. The molecule has 0 unspecified atom stereocenters. The van der Waals surface area contributed by atoms with Gasteiger partial charge in [-0.3, -0.25) is 18.5 Å². The van der Waals surface area contributed by atoms with Crippen molar-refractivity contribution in [3.05, 3.63) is 77.7 Å². The highest BCUT2D eigenvalue weighted by molar-refractivity contribution is 7.89. The van der Waals surface area contributed by atoms with Crippen LogP contribution in [0.3, 0.4) is 0 Å². The zero-order valence-electron chi connectivity index (χ0n) is 20.3. The predicted octanol–water partition coefficient (Wildman–Crippen LogP) is 3.17. The Bertz CT molecular complexity index is 1540. The Balaban J connectivity index is 1.46. The molecule has 0 radical (unpaired) electrons. The van der Waals surface area contributed by atoms with Gasteiger partial charge in [0, 0.05) is 42.3 Å². The van der Waals surface area contributed by atoms with Gasteiger partial charge in [0.15, 0.2) is 5.13 Å². The Hall–Kier alpha value is -3.87. The number of carbonyl (C=O) groups excluding carboxylic acids is 2. The van der Waals surface area contributed by atoms with Crippen molar-refractivity contribution in [1.29, 1.82) is 0 Å². The van der Waals surface area contributed by atoms with E-state index in [1.165, 1.54) is 36.9 Å². The van der Waals surface area contributed by atoms with Gasteiger partial charge in [-0.1, -0.05) is 18.2 Å². The van der Waals surface area contributed by atoms with Gasteiger partial charge in [0.05, 0.1) is 24.1 Å². The van der Waals surface area contributed by atoms with E-state index in [1.54, 1.807) is 6.20 Å². The molecule has 0 bridgehead atoms. The average Bonchev–Trinajstić information content (AvgIpc) is 3.54. The zero-order chi connectivity index (χ0) is 26.6. The lowest BCUT2D eigenvalue weighted by molar-refractivity contribution is -0.119. The minimum Gasteiger partial charge on any atom is -0.382 e. The lowest BCUT2D eigenvalue weighted by Gasteiger charge is -2.16. The number of aryl methyl sites for hydroxylation is 1. The van der Waals surface area contributed by atoms with Crippen molar-refractivity contribution < 1.29 is 22.7 Å². The van der Waals surface area contributed by atoms with E-state index in [4.69, 9.17) is 4.74 Å². The van der Waals surface area contributed by atoms with Crippen LogP contribution in [0.5, 0.6) is 0 Å². The Morgan fingerprint density at radius 2 is 1.89 bits per heavy atom.